The lowest BCUT2D eigenvalue weighted by molar-refractivity contribution is 0.280. The molecule has 0 aliphatic carbocycles. The third kappa shape index (κ3) is 2.31. The first-order chi connectivity index (χ1) is 8.13. The molecule has 17 heavy (non-hydrogen) atoms. The summed E-state index contributed by atoms with van der Waals surface area (Å²) in [5.74, 6) is 0.463. The summed E-state index contributed by atoms with van der Waals surface area (Å²) in [7, 11) is -0.479. The molecule has 0 spiro atoms. The number of benzene rings is 2. The summed E-state index contributed by atoms with van der Waals surface area (Å²) in [5.41, 5.74) is 0. The summed E-state index contributed by atoms with van der Waals surface area (Å²) >= 11 is 6.16. The van der Waals surface area contributed by atoms with E-state index in [4.69, 9.17) is 31.0 Å². The van der Waals surface area contributed by atoms with Gasteiger partial charge in [-0.15, -0.1) is 0 Å². The van der Waals surface area contributed by atoms with Gasteiger partial charge in [-0.05, 0) is 11.5 Å². The smallest absolute Gasteiger partial charge is 0.509 e. The van der Waals surface area contributed by atoms with Gasteiger partial charge in [0.2, 0.25) is 0 Å². The van der Waals surface area contributed by atoms with Crippen molar-refractivity contribution < 1.29 is 19.4 Å². The zero-order valence-electron chi connectivity index (χ0n) is 9.05. The second kappa shape index (κ2) is 4.83. The van der Waals surface area contributed by atoms with E-state index in [0.717, 1.165) is 10.8 Å². The van der Waals surface area contributed by atoms with Crippen LogP contribution in [0.25, 0.3) is 10.8 Å². The zero-order chi connectivity index (χ0) is 12.4. The zero-order valence-corrected chi connectivity index (χ0v) is 9.81. The third-order valence-electron chi connectivity index (χ3n) is 2.34. The van der Waals surface area contributed by atoms with Gasteiger partial charge in [-0.25, -0.2) is 0 Å². The standard InChI is InChI=1S/C11H10BClO4/c1-16-11-9(17-12(14)15)6-7-4-2-3-5-8(7)10(11)13/h2-6,14-15H,1H3. The average molecular weight is 252 g/mol. The van der Waals surface area contributed by atoms with Crippen molar-refractivity contribution in [3.63, 3.8) is 0 Å². The van der Waals surface area contributed by atoms with Crippen molar-refractivity contribution in [3.05, 3.63) is 35.4 Å². The van der Waals surface area contributed by atoms with Crippen molar-refractivity contribution in [2.24, 2.45) is 0 Å². The number of rotatable bonds is 3. The molecule has 2 aromatic carbocycles. The molecule has 2 aromatic rings. The molecule has 2 N–H and O–H groups in total. The van der Waals surface area contributed by atoms with E-state index in [1.54, 1.807) is 6.07 Å². The minimum absolute atomic E-state index is 0.186. The Morgan fingerprint density at radius 1 is 1.24 bits per heavy atom. The highest BCUT2D eigenvalue weighted by Crippen LogP contribution is 2.40. The van der Waals surface area contributed by atoms with Crippen molar-refractivity contribution in [3.8, 4) is 11.5 Å². The Morgan fingerprint density at radius 3 is 2.59 bits per heavy atom. The van der Waals surface area contributed by atoms with Crippen LogP contribution in [-0.2, 0) is 0 Å². The first-order valence-corrected chi connectivity index (χ1v) is 5.29. The Morgan fingerprint density at radius 2 is 1.94 bits per heavy atom. The van der Waals surface area contributed by atoms with Crippen LogP contribution in [0.2, 0.25) is 5.02 Å². The quantitative estimate of drug-likeness (QED) is 0.819. The van der Waals surface area contributed by atoms with Crippen molar-refractivity contribution in [2.75, 3.05) is 7.11 Å². The third-order valence-corrected chi connectivity index (χ3v) is 2.72. The van der Waals surface area contributed by atoms with Crippen molar-refractivity contribution >= 4 is 29.7 Å². The van der Waals surface area contributed by atoms with E-state index in [9.17, 15) is 0 Å². The molecular weight excluding hydrogens is 242 g/mol. The van der Waals surface area contributed by atoms with E-state index >= 15 is 0 Å². The first kappa shape index (κ1) is 12.0. The SMILES string of the molecule is COc1c(OB(O)O)cc2ccccc2c1Cl. The van der Waals surface area contributed by atoms with Gasteiger partial charge in [-0.1, -0.05) is 35.9 Å². The lowest BCUT2D eigenvalue weighted by Gasteiger charge is -2.13. The molecular formula is C11H10BClO4. The Kier molecular flexibility index (Phi) is 3.42. The number of methoxy groups -OCH3 is 1. The van der Waals surface area contributed by atoms with Crippen LogP contribution < -0.4 is 9.39 Å². The second-order valence-corrected chi connectivity index (χ2v) is 3.77. The molecule has 0 unspecified atom stereocenters. The lowest BCUT2D eigenvalue weighted by Crippen LogP contribution is -2.21. The number of fused-ring (bicyclic) bond motifs is 1. The highest BCUT2D eigenvalue weighted by Gasteiger charge is 2.19. The first-order valence-electron chi connectivity index (χ1n) is 4.91. The Balaban J connectivity index is 2.66. The van der Waals surface area contributed by atoms with Crippen LogP contribution in [0.5, 0.6) is 11.5 Å². The molecule has 0 saturated heterocycles. The molecule has 0 heterocycles. The van der Waals surface area contributed by atoms with Crippen molar-refractivity contribution in [1.29, 1.82) is 0 Å². The molecule has 0 aliphatic rings. The maximum Gasteiger partial charge on any atom is 0.707 e. The fourth-order valence-corrected chi connectivity index (χ4v) is 1.99. The molecule has 0 fully saturated rings. The van der Waals surface area contributed by atoms with Gasteiger partial charge < -0.3 is 19.4 Å². The van der Waals surface area contributed by atoms with Crippen molar-refractivity contribution in [1.82, 2.24) is 0 Å². The highest BCUT2D eigenvalue weighted by atomic mass is 35.5. The van der Waals surface area contributed by atoms with Gasteiger partial charge in [0.25, 0.3) is 0 Å². The van der Waals surface area contributed by atoms with Crippen molar-refractivity contribution in [2.45, 2.75) is 0 Å². The molecule has 0 amide bonds. The molecule has 0 bridgehead atoms. The van der Waals surface area contributed by atoms with Crippen LogP contribution in [-0.4, -0.2) is 24.5 Å². The summed E-state index contributed by atoms with van der Waals surface area (Å²) in [6, 6.07) is 9.04. The number of ether oxygens (including phenoxy) is 1. The van der Waals surface area contributed by atoms with Gasteiger partial charge in [-0.3, -0.25) is 0 Å². The van der Waals surface area contributed by atoms with E-state index in [2.05, 4.69) is 0 Å². The van der Waals surface area contributed by atoms with E-state index in [0.29, 0.717) is 5.02 Å². The van der Waals surface area contributed by atoms with Gasteiger partial charge >= 0.3 is 7.32 Å². The lowest BCUT2D eigenvalue weighted by atomic mass is 10.1. The van der Waals surface area contributed by atoms with Crippen LogP contribution in [0, 0.1) is 0 Å². The van der Waals surface area contributed by atoms with Crippen LogP contribution in [0.3, 0.4) is 0 Å². The Labute approximate surface area is 104 Å². The largest absolute Gasteiger partial charge is 0.707 e. The average Bonchev–Trinajstić information content (AvgIpc) is 2.29. The number of hydrogen-bond donors (Lipinski definition) is 2. The van der Waals surface area contributed by atoms with E-state index in [1.165, 1.54) is 7.11 Å². The molecule has 6 heteroatoms. The minimum Gasteiger partial charge on any atom is -0.509 e. The Bertz CT molecular complexity index is 544. The normalized spacial score (nSPS) is 10.4. The van der Waals surface area contributed by atoms with Crippen LogP contribution in [0.1, 0.15) is 0 Å². The van der Waals surface area contributed by atoms with Gasteiger partial charge in [0.1, 0.15) is 5.75 Å². The summed E-state index contributed by atoms with van der Waals surface area (Å²) in [4.78, 5) is 0. The molecule has 0 aromatic heterocycles. The maximum atomic E-state index is 8.82. The van der Waals surface area contributed by atoms with E-state index in [1.807, 2.05) is 24.3 Å². The van der Waals surface area contributed by atoms with Crippen LogP contribution in [0.4, 0.5) is 0 Å². The summed E-state index contributed by atoms with van der Waals surface area (Å²) in [6.07, 6.45) is 0. The van der Waals surface area contributed by atoms with Crippen LogP contribution >= 0.6 is 11.6 Å². The molecule has 4 nitrogen and oxygen atoms in total. The predicted molar refractivity (Wildman–Crippen MR) is 66.3 cm³/mol. The highest BCUT2D eigenvalue weighted by molar-refractivity contribution is 6.38. The molecule has 88 valence electrons. The Hall–Kier alpha value is -1.43. The molecule has 0 aliphatic heterocycles. The van der Waals surface area contributed by atoms with Gasteiger partial charge in [0.15, 0.2) is 5.75 Å². The van der Waals surface area contributed by atoms with E-state index in [-0.39, 0.29) is 11.5 Å². The van der Waals surface area contributed by atoms with Gasteiger partial charge in [0.05, 0.1) is 12.1 Å². The predicted octanol–water partition coefficient (Wildman–Crippen LogP) is 1.85. The summed E-state index contributed by atoms with van der Waals surface area (Å²) in [5, 5.41) is 19.7. The number of halogens is 1. The molecule has 2 rings (SSSR count). The monoisotopic (exact) mass is 252 g/mol. The number of hydrogen-bond acceptors (Lipinski definition) is 4. The molecule has 0 atom stereocenters. The fraction of sp³-hybridized carbons (Fsp3) is 0.0909. The summed E-state index contributed by atoms with van der Waals surface area (Å²) < 4.78 is 9.93. The molecule has 0 radical (unpaired) electrons. The van der Waals surface area contributed by atoms with Gasteiger partial charge in [0, 0.05) is 5.39 Å². The topological polar surface area (TPSA) is 58.9 Å². The summed E-state index contributed by atoms with van der Waals surface area (Å²) in [6.45, 7) is 0. The fourth-order valence-electron chi connectivity index (χ4n) is 1.65. The van der Waals surface area contributed by atoms with E-state index < -0.39 is 7.32 Å². The second-order valence-electron chi connectivity index (χ2n) is 3.39. The van der Waals surface area contributed by atoms with Crippen LogP contribution in [0.15, 0.2) is 30.3 Å². The maximum absolute atomic E-state index is 8.82. The minimum atomic E-state index is -1.92. The van der Waals surface area contributed by atoms with Gasteiger partial charge in [-0.2, -0.15) is 0 Å². The molecule has 0 saturated carbocycles.